The highest BCUT2D eigenvalue weighted by atomic mass is 16.5. The predicted octanol–water partition coefficient (Wildman–Crippen LogP) is 3.95. The van der Waals surface area contributed by atoms with Gasteiger partial charge in [-0.2, -0.15) is 5.26 Å². The van der Waals surface area contributed by atoms with Gasteiger partial charge in [-0.1, -0.05) is 24.3 Å². The first-order chi connectivity index (χ1) is 16.8. The number of piperidine rings is 1. The molecule has 34 heavy (non-hydrogen) atoms. The van der Waals surface area contributed by atoms with Crippen molar-refractivity contribution in [2.75, 3.05) is 39.4 Å². The molecule has 0 aliphatic carbocycles. The van der Waals surface area contributed by atoms with Crippen LogP contribution in [0.3, 0.4) is 0 Å². The maximum atomic E-state index is 9.21. The maximum absolute atomic E-state index is 9.21. The summed E-state index contributed by atoms with van der Waals surface area (Å²) in [6.07, 6.45) is 6.10. The number of aromatic nitrogens is 3. The third kappa shape index (κ3) is 4.16. The van der Waals surface area contributed by atoms with Crippen LogP contribution in [0, 0.1) is 11.3 Å². The summed E-state index contributed by atoms with van der Waals surface area (Å²) in [6, 6.07) is 15.7. The topological polar surface area (TPSA) is 81.1 Å². The Hall–Kier alpha value is -3.31. The maximum Gasteiger partial charge on any atom is 0.141 e. The highest BCUT2D eigenvalue weighted by Crippen LogP contribution is 2.29. The third-order valence-electron chi connectivity index (χ3n) is 7.26. The predicted molar refractivity (Wildman–Crippen MR) is 132 cm³/mol. The summed E-state index contributed by atoms with van der Waals surface area (Å²) in [5.74, 6) is 0. The van der Waals surface area contributed by atoms with Crippen molar-refractivity contribution in [1.82, 2.24) is 24.8 Å². The number of hydrogen-bond donors (Lipinski definition) is 1. The summed E-state index contributed by atoms with van der Waals surface area (Å²) in [6.45, 7) is 7.25. The molecule has 4 aromatic rings. The van der Waals surface area contributed by atoms with Gasteiger partial charge >= 0.3 is 0 Å². The number of fused-ring (bicyclic) bond motifs is 3. The van der Waals surface area contributed by atoms with E-state index < -0.39 is 0 Å². The average molecular weight is 453 g/mol. The number of hydrogen-bond acceptors (Lipinski definition) is 6. The Morgan fingerprint density at radius 2 is 1.74 bits per heavy atom. The first kappa shape index (κ1) is 21.2. The molecule has 7 nitrogen and oxygen atoms in total. The SMILES string of the molecule is N#Cc1cc2c(cn1)[nH]c1ncc(-c3ccc(CN4CCC(N5CCOCC5)CC4)cc3)cc12. The smallest absolute Gasteiger partial charge is 0.141 e. The molecular formula is C27H28N6O. The van der Waals surface area contributed by atoms with Gasteiger partial charge in [-0.05, 0) is 49.2 Å². The lowest BCUT2D eigenvalue weighted by atomic mass is 10.0. The highest BCUT2D eigenvalue weighted by Gasteiger charge is 2.25. The molecule has 1 N–H and O–H groups in total. The van der Waals surface area contributed by atoms with Crippen molar-refractivity contribution in [2.24, 2.45) is 0 Å². The number of ether oxygens (including phenoxy) is 1. The van der Waals surface area contributed by atoms with E-state index in [-0.39, 0.29) is 0 Å². The third-order valence-corrected chi connectivity index (χ3v) is 7.26. The Morgan fingerprint density at radius 1 is 0.941 bits per heavy atom. The molecule has 3 aromatic heterocycles. The Labute approximate surface area is 199 Å². The average Bonchev–Trinajstić information content (AvgIpc) is 3.27. The monoisotopic (exact) mass is 452 g/mol. The van der Waals surface area contributed by atoms with E-state index in [4.69, 9.17) is 4.74 Å². The van der Waals surface area contributed by atoms with Gasteiger partial charge < -0.3 is 9.72 Å². The number of aromatic amines is 1. The quantitative estimate of drug-likeness (QED) is 0.505. The zero-order valence-electron chi connectivity index (χ0n) is 19.2. The summed E-state index contributed by atoms with van der Waals surface area (Å²) >= 11 is 0. The first-order valence-electron chi connectivity index (χ1n) is 12.1. The molecule has 2 aliphatic heterocycles. The largest absolute Gasteiger partial charge is 0.379 e. The molecule has 0 bridgehead atoms. The minimum Gasteiger partial charge on any atom is -0.379 e. The van der Waals surface area contributed by atoms with Crippen molar-refractivity contribution < 1.29 is 4.74 Å². The Bertz CT molecular complexity index is 1340. The van der Waals surface area contributed by atoms with E-state index >= 15 is 0 Å². The second-order valence-corrected chi connectivity index (χ2v) is 9.32. The molecule has 0 atom stereocenters. The molecule has 2 aliphatic rings. The van der Waals surface area contributed by atoms with E-state index in [1.165, 1.54) is 18.4 Å². The zero-order valence-corrected chi connectivity index (χ0v) is 19.2. The van der Waals surface area contributed by atoms with Crippen LogP contribution in [0.25, 0.3) is 33.1 Å². The highest BCUT2D eigenvalue weighted by molar-refractivity contribution is 6.06. The van der Waals surface area contributed by atoms with Crippen LogP contribution in [0.1, 0.15) is 24.1 Å². The standard InChI is InChI=1S/C27H28N6O/c28-15-22-14-24-25-13-21(16-30-27(25)31-26(24)17-29-22)20-3-1-19(2-4-20)18-32-7-5-23(6-8-32)33-9-11-34-12-10-33/h1-4,13-14,16-17,23H,5-12,18H2,(H,30,31). The first-order valence-corrected chi connectivity index (χ1v) is 12.1. The molecule has 6 rings (SSSR count). The van der Waals surface area contributed by atoms with Gasteiger partial charge in [0.05, 0.1) is 24.9 Å². The van der Waals surface area contributed by atoms with Crippen LogP contribution in [0.4, 0.5) is 0 Å². The molecule has 0 spiro atoms. The van der Waals surface area contributed by atoms with Crippen molar-refractivity contribution >= 4 is 21.9 Å². The Balaban J connectivity index is 1.14. The number of nitrogens with zero attached hydrogens (tertiary/aromatic N) is 5. The summed E-state index contributed by atoms with van der Waals surface area (Å²) in [5.41, 5.74) is 5.69. The fourth-order valence-corrected chi connectivity index (χ4v) is 5.34. The van der Waals surface area contributed by atoms with Crippen LogP contribution in [-0.4, -0.2) is 70.2 Å². The zero-order chi connectivity index (χ0) is 22.9. The van der Waals surface area contributed by atoms with Crippen LogP contribution in [0.5, 0.6) is 0 Å². The van der Waals surface area contributed by atoms with Crippen LogP contribution in [0.2, 0.25) is 0 Å². The fourth-order valence-electron chi connectivity index (χ4n) is 5.34. The van der Waals surface area contributed by atoms with Gasteiger partial charge in [0, 0.05) is 48.2 Å². The summed E-state index contributed by atoms with van der Waals surface area (Å²) in [5, 5.41) is 11.2. The van der Waals surface area contributed by atoms with Crippen LogP contribution in [0.15, 0.2) is 48.8 Å². The summed E-state index contributed by atoms with van der Waals surface area (Å²) in [4.78, 5) is 17.3. The van der Waals surface area contributed by atoms with E-state index in [9.17, 15) is 5.26 Å². The molecule has 2 fully saturated rings. The number of nitriles is 1. The molecule has 0 radical (unpaired) electrons. The van der Waals surface area contributed by atoms with E-state index in [2.05, 4.69) is 61.2 Å². The van der Waals surface area contributed by atoms with Gasteiger partial charge in [-0.25, -0.2) is 9.97 Å². The van der Waals surface area contributed by atoms with Gasteiger partial charge in [0.2, 0.25) is 0 Å². The molecule has 0 unspecified atom stereocenters. The second-order valence-electron chi connectivity index (χ2n) is 9.32. The van der Waals surface area contributed by atoms with Crippen LogP contribution >= 0.6 is 0 Å². The number of pyridine rings is 2. The Morgan fingerprint density at radius 3 is 2.50 bits per heavy atom. The van der Waals surface area contributed by atoms with Gasteiger partial charge in [-0.3, -0.25) is 9.80 Å². The number of likely N-dealkylation sites (tertiary alicyclic amines) is 1. The van der Waals surface area contributed by atoms with Crippen molar-refractivity contribution in [1.29, 1.82) is 5.26 Å². The molecule has 5 heterocycles. The minimum absolute atomic E-state index is 0.414. The summed E-state index contributed by atoms with van der Waals surface area (Å²) < 4.78 is 5.51. The van der Waals surface area contributed by atoms with E-state index in [1.807, 2.05) is 12.3 Å². The number of rotatable bonds is 4. The molecule has 172 valence electrons. The van der Waals surface area contributed by atoms with Crippen molar-refractivity contribution in [3.8, 4) is 17.2 Å². The van der Waals surface area contributed by atoms with Crippen molar-refractivity contribution in [3.05, 3.63) is 60.0 Å². The number of nitrogens with one attached hydrogen (secondary N) is 1. The lowest BCUT2D eigenvalue weighted by Gasteiger charge is -2.40. The van der Waals surface area contributed by atoms with Gasteiger partial charge in [0.25, 0.3) is 0 Å². The molecule has 2 saturated heterocycles. The van der Waals surface area contributed by atoms with E-state index in [0.29, 0.717) is 5.69 Å². The molecular weight excluding hydrogens is 424 g/mol. The van der Waals surface area contributed by atoms with Gasteiger partial charge in [0.1, 0.15) is 17.4 Å². The molecule has 1 aromatic carbocycles. The van der Waals surface area contributed by atoms with Gasteiger partial charge in [0.15, 0.2) is 0 Å². The lowest BCUT2D eigenvalue weighted by Crippen LogP contribution is -2.48. The number of H-pyrrole nitrogens is 1. The van der Waals surface area contributed by atoms with Crippen molar-refractivity contribution in [2.45, 2.75) is 25.4 Å². The second kappa shape index (κ2) is 9.15. The number of morpholine rings is 1. The molecule has 0 saturated carbocycles. The van der Waals surface area contributed by atoms with Crippen molar-refractivity contribution in [3.63, 3.8) is 0 Å². The number of benzene rings is 1. The minimum atomic E-state index is 0.414. The fraction of sp³-hybridized carbons (Fsp3) is 0.370. The Kier molecular flexibility index (Phi) is 5.71. The molecule has 0 amide bonds. The van der Waals surface area contributed by atoms with Gasteiger partial charge in [-0.15, -0.1) is 0 Å². The van der Waals surface area contributed by atoms with Crippen LogP contribution in [-0.2, 0) is 11.3 Å². The normalized spacial score (nSPS) is 18.4. The van der Waals surface area contributed by atoms with E-state index in [1.54, 1.807) is 6.20 Å². The van der Waals surface area contributed by atoms with E-state index in [0.717, 1.165) is 85.0 Å². The summed E-state index contributed by atoms with van der Waals surface area (Å²) in [7, 11) is 0. The molecule has 7 heteroatoms. The lowest BCUT2D eigenvalue weighted by molar-refractivity contribution is 0.000231. The van der Waals surface area contributed by atoms with Crippen LogP contribution < -0.4 is 0 Å².